The van der Waals surface area contributed by atoms with E-state index in [1.54, 1.807) is 22.9 Å². The third kappa shape index (κ3) is 6.24. The van der Waals surface area contributed by atoms with Crippen molar-refractivity contribution in [1.82, 2.24) is 14.7 Å². The molecule has 3 amide bonds. The van der Waals surface area contributed by atoms with E-state index in [0.717, 1.165) is 16.9 Å². The molecule has 0 saturated heterocycles. The maximum absolute atomic E-state index is 13.1. The summed E-state index contributed by atoms with van der Waals surface area (Å²) in [6.07, 6.45) is 0.676. The van der Waals surface area contributed by atoms with E-state index in [2.05, 4.69) is 10.6 Å². The van der Waals surface area contributed by atoms with Crippen molar-refractivity contribution in [3.8, 4) is 16.9 Å². The number of benzene rings is 3. The van der Waals surface area contributed by atoms with Crippen LogP contribution in [-0.2, 0) is 4.79 Å². The van der Waals surface area contributed by atoms with Crippen molar-refractivity contribution in [2.24, 2.45) is 0 Å². The number of rotatable bonds is 8. The van der Waals surface area contributed by atoms with Crippen molar-refractivity contribution in [1.29, 1.82) is 0 Å². The van der Waals surface area contributed by atoms with Crippen molar-refractivity contribution in [3.63, 3.8) is 0 Å². The second kappa shape index (κ2) is 11.7. The van der Waals surface area contributed by atoms with E-state index in [9.17, 15) is 9.59 Å². The largest absolute Gasteiger partial charge is 0.322 e. The molecule has 2 N–H and O–H groups in total. The molecular weight excluding hydrogens is 497 g/mol. The number of amides is 3. The van der Waals surface area contributed by atoms with E-state index >= 15 is 0 Å². The second-order valence-corrected chi connectivity index (χ2v) is 8.90. The zero-order valence-electron chi connectivity index (χ0n) is 19.6. The molecule has 0 spiro atoms. The van der Waals surface area contributed by atoms with Crippen molar-refractivity contribution >= 4 is 46.6 Å². The van der Waals surface area contributed by atoms with Crippen LogP contribution in [0.3, 0.4) is 0 Å². The van der Waals surface area contributed by atoms with E-state index in [-0.39, 0.29) is 12.5 Å². The van der Waals surface area contributed by atoms with Crippen LogP contribution in [0, 0.1) is 0 Å². The molecule has 0 saturated carbocycles. The predicted octanol–water partition coefficient (Wildman–Crippen LogP) is 6.73. The first-order valence-corrected chi connectivity index (χ1v) is 12.2. The van der Waals surface area contributed by atoms with Crippen LogP contribution in [0.5, 0.6) is 0 Å². The highest BCUT2D eigenvalue weighted by Crippen LogP contribution is 2.26. The van der Waals surface area contributed by atoms with Crippen LogP contribution in [0.4, 0.5) is 16.3 Å². The number of anilines is 2. The minimum atomic E-state index is -0.433. The topological polar surface area (TPSA) is 79.3 Å². The van der Waals surface area contributed by atoms with Gasteiger partial charge < -0.3 is 15.5 Å². The summed E-state index contributed by atoms with van der Waals surface area (Å²) >= 11 is 12.1. The number of carbonyl (C=O) groups is 2. The molecule has 9 heteroatoms. The van der Waals surface area contributed by atoms with Gasteiger partial charge in [-0.05, 0) is 36.8 Å². The normalized spacial score (nSPS) is 10.6. The van der Waals surface area contributed by atoms with Crippen LogP contribution in [0.1, 0.15) is 13.3 Å². The van der Waals surface area contributed by atoms with E-state index in [4.69, 9.17) is 28.3 Å². The van der Waals surface area contributed by atoms with Crippen LogP contribution in [0.25, 0.3) is 16.9 Å². The number of nitrogens with one attached hydrogen (secondary N) is 2. The van der Waals surface area contributed by atoms with Crippen molar-refractivity contribution in [2.75, 3.05) is 23.7 Å². The summed E-state index contributed by atoms with van der Waals surface area (Å²) in [5, 5.41) is 11.2. The van der Waals surface area contributed by atoms with Gasteiger partial charge in [-0.15, -0.1) is 0 Å². The van der Waals surface area contributed by atoms with Gasteiger partial charge in [0.2, 0.25) is 5.91 Å². The fourth-order valence-electron chi connectivity index (χ4n) is 3.65. The van der Waals surface area contributed by atoms with Gasteiger partial charge in [-0.3, -0.25) is 4.79 Å². The number of nitrogens with zero attached hydrogens (tertiary/aromatic N) is 3. The second-order valence-electron chi connectivity index (χ2n) is 8.05. The van der Waals surface area contributed by atoms with Crippen molar-refractivity contribution in [2.45, 2.75) is 13.3 Å². The fourth-order valence-corrected chi connectivity index (χ4v) is 4.11. The molecule has 0 aliphatic heterocycles. The summed E-state index contributed by atoms with van der Waals surface area (Å²) in [7, 11) is 0. The van der Waals surface area contributed by atoms with Crippen molar-refractivity contribution in [3.05, 3.63) is 95.0 Å². The van der Waals surface area contributed by atoms with Crippen LogP contribution in [0.15, 0.2) is 84.9 Å². The van der Waals surface area contributed by atoms with Gasteiger partial charge in [0.15, 0.2) is 0 Å². The molecule has 0 bridgehead atoms. The average molecular weight is 522 g/mol. The maximum Gasteiger partial charge on any atom is 0.322 e. The van der Waals surface area contributed by atoms with Gasteiger partial charge in [0.25, 0.3) is 0 Å². The van der Waals surface area contributed by atoms with Crippen LogP contribution >= 0.6 is 23.2 Å². The van der Waals surface area contributed by atoms with Gasteiger partial charge in [-0.1, -0.05) is 78.7 Å². The van der Waals surface area contributed by atoms with Gasteiger partial charge in [-0.2, -0.15) is 5.10 Å². The number of urea groups is 1. The maximum atomic E-state index is 13.1. The minimum Gasteiger partial charge on any atom is -0.315 e. The Morgan fingerprint density at radius 2 is 1.61 bits per heavy atom. The Morgan fingerprint density at radius 3 is 2.28 bits per heavy atom. The van der Waals surface area contributed by atoms with Gasteiger partial charge >= 0.3 is 6.03 Å². The van der Waals surface area contributed by atoms with Gasteiger partial charge in [0, 0.05) is 23.2 Å². The molecule has 0 aliphatic carbocycles. The monoisotopic (exact) mass is 521 g/mol. The Kier molecular flexibility index (Phi) is 8.25. The summed E-state index contributed by atoms with van der Waals surface area (Å²) in [6.45, 7) is 2.17. The molecule has 0 unspecified atom stereocenters. The Bertz CT molecular complexity index is 1340. The van der Waals surface area contributed by atoms with Crippen LogP contribution in [0.2, 0.25) is 10.0 Å². The number of carbonyl (C=O) groups excluding carboxylic acids is 2. The lowest BCUT2D eigenvalue weighted by atomic mass is 10.1. The Hall–Kier alpha value is -3.81. The smallest absolute Gasteiger partial charge is 0.315 e. The lowest BCUT2D eigenvalue weighted by Gasteiger charge is -2.22. The molecule has 0 atom stereocenters. The lowest BCUT2D eigenvalue weighted by Crippen LogP contribution is -2.41. The predicted molar refractivity (Wildman–Crippen MR) is 145 cm³/mol. The Labute approximate surface area is 219 Å². The molecule has 0 aliphatic rings. The zero-order chi connectivity index (χ0) is 25.5. The van der Waals surface area contributed by atoms with E-state index in [1.807, 2.05) is 73.7 Å². The molecule has 36 heavy (non-hydrogen) atoms. The zero-order valence-corrected chi connectivity index (χ0v) is 21.1. The van der Waals surface area contributed by atoms with Gasteiger partial charge in [0.1, 0.15) is 12.4 Å². The number of hydrogen-bond donors (Lipinski definition) is 2. The molecule has 4 aromatic rings. The fraction of sp³-hybridized carbons (Fsp3) is 0.148. The van der Waals surface area contributed by atoms with Crippen LogP contribution < -0.4 is 10.6 Å². The summed E-state index contributed by atoms with van der Waals surface area (Å²) < 4.78 is 1.68. The summed E-state index contributed by atoms with van der Waals surface area (Å²) in [6, 6.07) is 25.4. The number of halogens is 2. The molecule has 7 nitrogen and oxygen atoms in total. The first-order chi connectivity index (χ1) is 17.4. The van der Waals surface area contributed by atoms with Crippen LogP contribution in [-0.4, -0.2) is 39.7 Å². The SMILES string of the molecule is CCCN(CC(=O)Nc1cc(-c2ccccc2)nn1-c1ccccc1)C(=O)Nc1ccc(Cl)cc1Cl. The molecule has 3 aromatic carbocycles. The minimum absolute atomic E-state index is 0.147. The highest BCUT2D eigenvalue weighted by atomic mass is 35.5. The van der Waals surface area contributed by atoms with Gasteiger partial charge in [-0.25, -0.2) is 9.48 Å². The molecule has 1 heterocycles. The highest BCUT2D eigenvalue weighted by molar-refractivity contribution is 6.36. The summed E-state index contributed by atoms with van der Waals surface area (Å²) in [5.41, 5.74) is 2.86. The third-order valence-electron chi connectivity index (χ3n) is 5.34. The Balaban J connectivity index is 1.53. The number of aromatic nitrogens is 2. The quantitative estimate of drug-likeness (QED) is 0.269. The molecule has 184 valence electrons. The number of para-hydroxylation sites is 1. The first kappa shape index (κ1) is 25.3. The highest BCUT2D eigenvalue weighted by Gasteiger charge is 2.20. The average Bonchev–Trinajstić information content (AvgIpc) is 3.30. The molecule has 4 rings (SSSR count). The first-order valence-electron chi connectivity index (χ1n) is 11.5. The molecule has 0 radical (unpaired) electrons. The standard InChI is InChI=1S/C27H25Cl2N5O2/c1-2-15-33(27(36)30-23-14-13-20(28)16-22(23)29)18-26(35)31-25-17-24(19-9-5-3-6-10-19)32-34(25)21-11-7-4-8-12-21/h3-14,16-17H,2,15,18H2,1H3,(H,30,36)(H,31,35). The van der Waals surface area contributed by atoms with E-state index in [1.165, 1.54) is 4.90 Å². The number of hydrogen-bond acceptors (Lipinski definition) is 3. The molecular formula is C27H25Cl2N5O2. The molecule has 1 aromatic heterocycles. The third-order valence-corrected chi connectivity index (χ3v) is 5.88. The Morgan fingerprint density at radius 1 is 0.917 bits per heavy atom. The lowest BCUT2D eigenvalue weighted by molar-refractivity contribution is -0.116. The van der Waals surface area contributed by atoms with Crippen molar-refractivity contribution < 1.29 is 9.59 Å². The van der Waals surface area contributed by atoms with E-state index in [0.29, 0.717) is 34.5 Å². The molecule has 0 fully saturated rings. The van der Waals surface area contributed by atoms with Gasteiger partial charge in [0.05, 0.1) is 22.1 Å². The summed E-state index contributed by atoms with van der Waals surface area (Å²) in [5.74, 6) is 0.153. The van der Waals surface area contributed by atoms with E-state index < -0.39 is 6.03 Å². The summed E-state index contributed by atoms with van der Waals surface area (Å²) in [4.78, 5) is 27.4.